The Kier molecular flexibility index (Phi) is 2.40. The fourth-order valence-electron chi connectivity index (χ4n) is 0.916. The number of rotatable bonds is 2. The largest absolute Gasteiger partial charge is 0.507 e. The van der Waals surface area contributed by atoms with Crippen molar-refractivity contribution in [1.29, 1.82) is 0 Å². The first kappa shape index (κ1) is 8.67. The third kappa shape index (κ3) is 1.43. The van der Waals surface area contributed by atoms with Gasteiger partial charge in [-0.1, -0.05) is 0 Å². The number of hydrogen-bond donors (Lipinski definition) is 2. The zero-order valence-corrected chi connectivity index (χ0v) is 6.66. The van der Waals surface area contributed by atoms with Gasteiger partial charge in [0, 0.05) is 18.7 Å². The second kappa shape index (κ2) is 3.32. The minimum atomic E-state index is -0.151. The van der Waals surface area contributed by atoms with Gasteiger partial charge in [0.2, 0.25) is 0 Å². The zero-order chi connectivity index (χ0) is 9.14. The van der Waals surface area contributed by atoms with Gasteiger partial charge in [-0.05, 0) is 0 Å². The van der Waals surface area contributed by atoms with Crippen molar-refractivity contribution in [2.24, 2.45) is 0 Å². The first-order valence-electron chi connectivity index (χ1n) is 3.42. The predicted molar refractivity (Wildman–Crippen MR) is 43.1 cm³/mol. The van der Waals surface area contributed by atoms with Gasteiger partial charge < -0.3 is 14.9 Å². The highest BCUT2D eigenvalue weighted by Crippen LogP contribution is 2.31. The SMILES string of the molecule is COc1cc(O)c(C[NH])c(O)c1. The van der Waals surface area contributed by atoms with Gasteiger partial charge in [-0.25, -0.2) is 0 Å². The van der Waals surface area contributed by atoms with Crippen molar-refractivity contribution in [3.05, 3.63) is 17.7 Å². The average Bonchev–Trinajstić information content (AvgIpc) is 2.03. The number of benzene rings is 1. The molecule has 0 saturated heterocycles. The van der Waals surface area contributed by atoms with Crippen molar-refractivity contribution in [2.45, 2.75) is 6.54 Å². The number of methoxy groups -OCH3 is 1. The van der Waals surface area contributed by atoms with Crippen LogP contribution in [0.15, 0.2) is 12.1 Å². The van der Waals surface area contributed by atoms with E-state index in [2.05, 4.69) is 0 Å². The zero-order valence-electron chi connectivity index (χ0n) is 6.66. The van der Waals surface area contributed by atoms with E-state index in [0.29, 0.717) is 5.75 Å². The summed E-state index contributed by atoms with van der Waals surface area (Å²) >= 11 is 0. The molecule has 0 aliphatic rings. The molecule has 0 saturated carbocycles. The smallest absolute Gasteiger partial charge is 0.127 e. The molecular weight excluding hydrogens is 158 g/mol. The molecule has 0 aliphatic heterocycles. The second-order valence-electron chi connectivity index (χ2n) is 2.32. The first-order chi connectivity index (χ1) is 5.69. The van der Waals surface area contributed by atoms with Gasteiger partial charge in [-0.3, -0.25) is 5.73 Å². The lowest BCUT2D eigenvalue weighted by atomic mass is 10.1. The van der Waals surface area contributed by atoms with Crippen molar-refractivity contribution < 1.29 is 14.9 Å². The van der Waals surface area contributed by atoms with Crippen LogP contribution in [-0.2, 0) is 6.54 Å². The molecule has 3 N–H and O–H groups in total. The predicted octanol–water partition coefficient (Wildman–Crippen LogP) is 0.889. The summed E-state index contributed by atoms with van der Waals surface area (Å²) in [6, 6.07) is 2.73. The monoisotopic (exact) mass is 168 g/mol. The van der Waals surface area contributed by atoms with Crippen LogP contribution < -0.4 is 10.5 Å². The Morgan fingerprint density at radius 1 is 1.33 bits per heavy atom. The fraction of sp³-hybridized carbons (Fsp3) is 0.250. The lowest BCUT2D eigenvalue weighted by Crippen LogP contribution is -1.89. The molecule has 1 aromatic carbocycles. The Labute approximate surface area is 70.2 Å². The summed E-state index contributed by atoms with van der Waals surface area (Å²) in [5, 5.41) is 18.5. The number of nitrogens with one attached hydrogen (secondary N) is 1. The molecule has 4 heteroatoms. The van der Waals surface area contributed by atoms with E-state index in [1.165, 1.54) is 19.2 Å². The minimum absolute atomic E-state index is 0.109. The number of phenols is 2. The topological polar surface area (TPSA) is 73.5 Å². The van der Waals surface area contributed by atoms with Crippen LogP contribution in [0.5, 0.6) is 17.2 Å². The molecule has 0 unspecified atom stereocenters. The summed E-state index contributed by atoms with van der Waals surface area (Å²) in [4.78, 5) is 0. The summed E-state index contributed by atoms with van der Waals surface area (Å²) in [7, 11) is 1.44. The van der Waals surface area contributed by atoms with E-state index in [4.69, 9.17) is 10.5 Å². The molecule has 12 heavy (non-hydrogen) atoms. The highest BCUT2D eigenvalue weighted by Gasteiger charge is 2.07. The van der Waals surface area contributed by atoms with Gasteiger partial charge in [0.05, 0.1) is 12.7 Å². The molecule has 0 aromatic heterocycles. The molecule has 4 nitrogen and oxygen atoms in total. The average molecular weight is 168 g/mol. The van der Waals surface area contributed by atoms with Crippen molar-refractivity contribution in [1.82, 2.24) is 5.73 Å². The molecule has 0 amide bonds. The van der Waals surface area contributed by atoms with Crippen molar-refractivity contribution in [2.75, 3.05) is 7.11 Å². The van der Waals surface area contributed by atoms with Crippen LogP contribution in [0.1, 0.15) is 5.56 Å². The lowest BCUT2D eigenvalue weighted by Gasteiger charge is -2.06. The molecule has 0 fully saturated rings. The molecule has 0 atom stereocenters. The van der Waals surface area contributed by atoms with Gasteiger partial charge in [0.15, 0.2) is 0 Å². The molecule has 0 aliphatic carbocycles. The quantitative estimate of drug-likeness (QED) is 0.688. The van der Waals surface area contributed by atoms with Gasteiger partial charge in [-0.2, -0.15) is 0 Å². The normalized spacial score (nSPS) is 9.83. The maximum atomic E-state index is 9.24. The van der Waals surface area contributed by atoms with Crippen LogP contribution in [-0.4, -0.2) is 17.3 Å². The minimum Gasteiger partial charge on any atom is -0.507 e. The summed E-state index contributed by atoms with van der Waals surface area (Å²) in [5.41, 5.74) is 7.21. The van der Waals surface area contributed by atoms with E-state index < -0.39 is 0 Å². The van der Waals surface area contributed by atoms with Crippen LogP contribution in [0.25, 0.3) is 0 Å². The highest BCUT2D eigenvalue weighted by molar-refractivity contribution is 5.48. The van der Waals surface area contributed by atoms with Gasteiger partial charge in [0.1, 0.15) is 17.2 Å². The number of phenolic OH excluding ortho intramolecular Hbond substituents is 2. The molecule has 1 aromatic rings. The highest BCUT2D eigenvalue weighted by atomic mass is 16.5. The lowest BCUT2D eigenvalue weighted by molar-refractivity contribution is 0.394. The van der Waals surface area contributed by atoms with Crippen molar-refractivity contribution in [3.63, 3.8) is 0 Å². The molecule has 1 rings (SSSR count). The van der Waals surface area contributed by atoms with Crippen LogP contribution in [0.3, 0.4) is 0 Å². The Balaban J connectivity index is 3.18. The van der Waals surface area contributed by atoms with Crippen LogP contribution in [0, 0.1) is 0 Å². The maximum absolute atomic E-state index is 9.24. The van der Waals surface area contributed by atoms with Gasteiger partial charge in [0.25, 0.3) is 0 Å². The van der Waals surface area contributed by atoms with Crippen molar-refractivity contribution >= 4 is 0 Å². The molecule has 0 heterocycles. The summed E-state index contributed by atoms with van der Waals surface area (Å²) < 4.78 is 4.79. The molecule has 1 radical (unpaired) electrons. The summed E-state index contributed by atoms with van der Waals surface area (Å²) in [6.07, 6.45) is 0. The standard InChI is InChI=1S/C8H10NO3/c1-12-5-2-7(10)6(4-9)8(11)3-5/h2-3,9-11H,4H2,1H3. The van der Waals surface area contributed by atoms with E-state index >= 15 is 0 Å². The molecular formula is C8H10NO3. The van der Waals surface area contributed by atoms with E-state index in [1.54, 1.807) is 0 Å². The molecule has 0 spiro atoms. The van der Waals surface area contributed by atoms with E-state index in [0.717, 1.165) is 0 Å². The summed E-state index contributed by atoms with van der Waals surface area (Å²) in [5.74, 6) is 0.158. The number of aromatic hydroxyl groups is 2. The first-order valence-corrected chi connectivity index (χ1v) is 3.42. The van der Waals surface area contributed by atoms with Crippen LogP contribution in [0.2, 0.25) is 0 Å². The van der Waals surface area contributed by atoms with E-state index in [9.17, 15) is 10.2 Å². The van der Waals surface area contributed by atoms with Crippen LogP contribution >= 0.6 is 0 Å². The van der Waals surface area contributed by atoms with Crippen molar-refractivity contribution in [3.8, 4) is 17.2 Å². The Morgan fingerprint density at radius 2 is 1.83 bits per heavy atom. The van der Waals surface area contributed by atoms with Gasteiger partial charge >= 0.3 is 0 Å². The fourth-order valence-corrected chi connectivity index (χ4v) is 0.916. The van der Waals surface area contributed by atoms with E-state index in [-0.39, 0.29) is 23.6 Å². The number of hydrogen-bond acceptors (Lipinski definition) is 3. The molecule has 65 valence electrons. The van der Waals surface area contributed by atoms with Crippen LogP contribution in [0.4, 0.5) is 0 Å². The third-order valence-corrected chi connectivity index (χ3v) is 1.59. The third-order valence-electron chi connectivity index (χ3n) is 1.59. The Morgan fingerprint density at radius 3 is 2.17 bits per heavy atom. The second-order valence-corrected chi connectivity index (χ2v) is 2.32. The van der Waals surface area contributed by atoms with E-state index in [1.807, 2.05) is 0 Å². The number of ether oxygens (including phenoxy) is 1. The van der Waals surface area contributed by atoms with Gasteiger partial charge in [-0.15, -0.1) is 0 Å². The summed E-state index contributed by atoms with van der Waals surface area (Å²) in [6.45, 7) is -0.151. The maximum Gasteiger partial charge on any atom is 0.127 e. The Bertz CT molecular complexity index is 263. The molecule has 0 bridgehead atoms. The Hall–Kier alpha value is -1.42.